The smallest absolute Gasteiger partial charge is 0.444 e. The molecule has 134 valence electrons. The van der Waals surface area contributed by atoms with Crippen LogP contribution in [0.3, 0.4) is 0 Å². The monoisotopic (exact) mass is 362 g/mol. The highest BCUT2D eigenvalue weighted by Crippen LogP contribution is 2.36. The van der Waals surface area contributed by atoms with Crippen molar-refractivity contribution >= 4 is 17.9 Å². The first-order valence-corrected chi connectivity index (χ1v) is 8.39. The lowest BCUT2D eigenvalue weighted by atomic mass is 10.1. The quantitative estimate of drug-likeness (QED) is 0.822. The van der Waals surface area contributed by atoms with Crippen molar-refractivity contribution in [2.75, 3.05) is 13.1 Å². The lowest BCUT2D eigenvalue weighted by Gasteiger charge is -2.40. The number of benzene rings is 1. The molecular formula is C16H21F3N2O2S. The molecule has 24 heavy (non-hydrogen) atoms. The number of nitrogens with one attached hydrogen (secondary N) is 1. The summed E-state index contributed by atoms with van der Waals surface area (Å²) in [7, 11) is 0. The summed E-state index contributed by atoms with van der Waals surface area (Å²) < 4.78 is 42.4. The van der Waals surface area contributed by atoms with Gasteiger partial charge < -0.3 is 15.0 Å². The normalized spacial score (nSPS) is 16.0. The molecule has 1 amide bonds. The number of alkyl halides is 3. The molecule has 0 unspecified atom stereocenters. The second kappa shape index (κ2) is 7.23. The Morgan fingerprint density at radius 2 is 2.00 bits per heavy atom. The second-order valence-electron chi connectivity index (χ2n) is 6.66. The number of thioether (sulfide) groups is 1. The van der Waals surface area contributed by atoms with Gasteiger partial charge in [0.15, 0.2) is 0 Å². The first-order valence-electron chi connectivity index (χ1n) is 7.58. The summed E-state index contributed by atoms with van der Waals surface area (Å²) in [5, 5.41) is 3.23. The third-order valence-electron chi connectivity index (χ3n) is 3.26. The van der Waals surface area contributed by atoms with Crippen LogP contribution in [0, 0.1) is 0 Å². The maximum absolute atomic E-state index is 12.4. The van der Waals surface area contributed by atoms with Crippen LogP contribution in [-0.4, -0.2) is 41.2 Å². The molecule has 1 aliphatic rings. The van der Waals surface area contributed by atoms with Crippen LogP contribution in [0.25, 0.3) is 0 Å². The number of likely N-dealkylation sites (tertiary alicyclic amines) is 1. The van der Waals surface area contributed by atoms with Gasteiger partial charge in [-0.25, -0.2) is 4.79 Å². The van der Waals surface area contributed by atoms with E-state index in [1.54, 1.807) is 17.0 Å². The molecule has 0 radical (unpaired) electrons. The topological polar surface area (TPSA) is 41.6 Å². The minimum atomic E-state index is -4.28. The number of carbonyl (C=O) groups is 1. The highest BCUT2D eigenvalue weighted by Gasteiger charge is 2.33. The number of ether oxygens (including phenoxy) is 1. The van der Waals surface area contributed by atoms with E-state index in [0.29, 0.717) is 19.6 Å². The molecule has 0 spiro atoms. The Labute approximate surface area is 143 Å². The van der Waals surface area contributed by atoms with E-state index in [1.165, 1.54) is 12.1 Å². The van der Waals surface area contributed by atoms with Crippen molar-refractivity contribution in [3.8, 4) is 0 Å². The first kappa shape index (κ1) is 18.9. The Balaban J connectivity index is 1.76. The molecule has 0 aliphatic carbocycles. The number of halogens is 3. The highest BCUT2D eigenvalue weighted by molar-refractivity contribution is 8.00. The summed E-state index contributed by atoms with van der Waals surface area (Å²) in [6.07, 6.45) is -0.343. The van der Waals surface area contributed by atoms with Gasteiger partial charge in [-0.1, -0.05) is 12.1 Å². The highest BCUT2D eigenvalue weighted by atomic mass is 32.2. The SMILES string of the molecule is CC(C)(C)OC(=O)N1CC(NCc2cccc(SC(F)(F)F)c2)C1. The fraction of sp³-hybridized carbons (Fsp3) is 0.562. The van der Waals surface area contributed by atoms with Crippen molar-refractivity contribution in [2.24, 2.45) is 0 Å². The van der Waals surface area contributed by atoms with Crippen molar-refractivity contribution in [2.45, 2.75) is 49.4 Å². The molecule has 1 N–H and O–H groups in total. The molecule has 0 atom stereocenters. The van der Waals surface area contributed by atoms with Crippen LogP contribution < -0.4 is 5.32 Å². The molecule has 4 nitrogen and oxygen atoms in total. The molecule has 1 aromatic carbocycles. The average molecular weight is 362 g/mol. The van der Waals surface area contributed by atoms with Crippen molar-refractivity contribution in [3.05, 3.63) is 29.8 Å². The van der Waals surface area contributed by atoms with Crippen molar-refractivity contribution < 1.29 is 22.7 Å². The Morgan fingerprint density at radius 3 is 2.58 bits per heavy atom. The van der Waals surface area contributed by atoms with Crippen LogP contribution >= 0.6 is 11.8 Å². The molecule has 0 saturated carbocycles. The minimum Gasteiger partial charge on any atom is -0.444 e. The van der Waals surface area contributed by atoms with Gasteiger partial charge >= 0.3 is 11.6 Å². The van der Waals surface area contributed by atoms with Crippen molar-refractivity contribution in [1.29, 1.82) is 0 Å². The molecule has 1 heterocycles. The molecule has 1 aliphatic heterocycles. The molecular weight excluding hydrogens is 341 g/mol. The first-order chi connectivity index (χ1) is 11.0. The van der Waals surface area contributed by atoms with Crippen molar-refractivity contribution in [1.82, 2.24) is 10.2 Å². The Morgan fingerprint density at radius 1 is 1.33 bits per heavy atom. The van der Waals surface area contributed by atoms with Gasteiger partial charge in [0.1, 0.15) is 5.60 Å². The largest absolute Gasteiger partial charge is 0.446 e. The van der Waals surface area contributed by atoms with Crippen molar-refractivity contribution in [3.63, 3.8) is 0 Å². The lowest BCUT2D eigenvalue weighted by molar-refractivity contribution is -0.0328. The molecule has 2 rings (SSSR count). The summed E-state index contributed by atoms with van der Waals surface area (Å²) >= 11 is -0.119. The maximum Gasteiger partial charge on any atom is 0.446 e. The van der Waals surface area contributed by atoms with E-state index in [-0.39, 0.29) is 28.8 Å². The molecule has 8 heteroatoms. The number of nitrogens with zero attached hydrogens (tertiary/aromatic N) is 1. The number of hydrogen-bond donors (Lipinski definition) is 1. The minimum absolute atomic E-state index is 0.119. The molecule has 0 aromatic heterocycles. The predicted octanol–water partition coefficient (Wildman–Crippen LogP) is 4.01. The number of rotatable bonds is 4. The fourth-order valence-electron chi connectivity index (χ4n) is 2.20. The number of carbonyl (C=O) groups excluding carboxylic acids is 1. The van der Waals surface area contributed by atoms with Crippen LogP contribution in [0.15, 0.2) is 29.2 Å². The average Bonchev–Trinajstić information content (AvgIpc) is 2.32. The van der Waals surface area contributed by atoms with E-state index in [0.717, 1.165) is 5.56 Å². The summed E-state index contributed by atoms with van der Waals surface area (Å²) in [5.74, 6) is 0. The number of hydrogen-bond acceptors (Lipinski definition) is 4. The molecule has 1 aromatic rings. The Bertz CT molecular complexity index is 581. The zero-order valence-electron chi connectivity index (χ0n) is 13.8. The van der Waals surface area contributed by atoms with E-state index >= 15 is 0 Å². The van der Waals surface area contributed by atoms with Gasteiger partial charge in [0, 0.05) is 30.6 Å². The van der Waals surface area contributed by atoms with E-state index in [1.807, 2.05) is 20.8 Å². The zero-order valence-corrected chi connectivity index (χ0v) is 14.6. The van der Waals surface area contributed by atoms with Gasteiger partial charge in [-0.15, -0.1) is 0 Å². The van der Waals surface area contributed by atoms with Gasteiger partial charge in [-0.3, -0.25) is 0 Å². The maximum atomic E-state index is 12.4. The Kier molecular flexibility index (Phi) is 5.70. The summed E-state index contributed by atoms with van der Waals surface area (Å²) in [5.41, 5.74) is -4.03. The van der Waals surface area contributed by atoms with Crippen LogP contribution in [-0.2, 0) is 11.3 Å². The zero-order chi connectivity index (χ0) is 18.0. The van der Waals surface area contributed by atoms with Crippen LogP contribution in [0.2, 0.25) is 0 Å². The molecule has 1 fully saturated rings. The van der Waals surface area contributed by atoms with E-state index < -0.39 is 11.1 Å². The molecule has 0 bridgehead atoms. The van der Waals surface area contributed by atoms with Gasteiger partial charge in [-0.2, -0.15) is 13.2 Å². The van der Waals surface area contributed by atoms with Gasteiger partial charge in [0.25, 0.3) is 0 Å². The van der Waals surface area contributed by atoms with E-state index in [2.05, 4.69) is 5.32 Å². The van der Waals surface area contributed by atoms with Gasteiger partial charge in [0.2, 0.25) is 0 Å². The van der Waals surface area contributed by atoms with Gasteiger partial charge in [-0.05, 0) is 50.2 Å². The van der Waals surface area contributed by atoms with E-state index in [9.17, 15) is 18.0 Å². The van der Waals surface area contributed by atoms with Crippen LogP contribution in [0.4, 0.5) is 18.0 Å². The predicted molar refractivity (Wildman–Crippen MR) is 86.8 cm³/mol. The second-order valence-corrected chi connectivity index (χ2v) is 7.80. The fourth-order valence-corrected chi connectivity index (χ4v) is 2.82. The Hall–Kier alpha value is -1.41. The summed E-state index contributed by atoms with van der Waals surface area (Å²) in [4.78, 5) is 13.6. The summed E-state index contributed by atoms with van der Waals surface area (Å²) in [6, 6.07) is 6.47. The third kappa shape index (κ3) is 6.24. The summed E-state index contributed by atoms with van der Waals surface area (Å²) in [6.45, 7) is 6.96. The van der Waals surface area contributed by atoms with Gasteiger partial charge in [0.05, 0.1) is 0 Å². The van der Waals surface area contributed by atoms with Crippen LogP contribution in [0.1, 0.15) is 26.3 Å². The van der Waals surface area contributed by atoms with Crippen LogP contribution in [0.5, 0.6) is 0 Å². The molecule has 1 saturated heterocycles. The number of amides is 1. The standard InChI is InChI=1S/C16H21F3N2O2S/c1-15(2,3)23-14(22)21-9-12(10-21)20-8-11-5-4-6-13(7-11)24-16(17,18)19/h4-7,12,20H,8-10H2,1-3H3. The lowest BCUT2D eigenvalue weighted by Crippen LogP contribution is -2.60. The van der Waals surface area contributed by atoms with E-state index in [4.69, 9.17) is 4.74 Å². The third-order valence-corrected chi connectivity index (χ3v) is 3.98.